The molecule has 0 aliphatic carbocycles. The van der Waals surface area contributed by atoms with Crippen molar-refractivity contribution in [2.45, 2.75) is 26.7 Å². The van der Waals surface area contributed by atoms with E-state index in [0.717, 1.165) is 29.5 Å². The van der Waals surface area contributed by atoms with Gasteiger partial charge in [-0.3, -0.25) is 0 Å². The van der Waals surface area contributed by atoms with Crippen LogP contribution in [0.15, 0.2) is 91.0 Å². The topological polar surface area (TPSA) is 32.6 Å². The molecular weight excluding hydrogens is 549 g/mol. The molecule has 3 aromatic carbocycles. The van der Waals surface area contributed by atoms with E-state index >= 15 is 0 Å². The van der Waals surface area contributed by atoms with Crippen molar-refractivity contribution in [3.05, 3.63) is 134 Å². The first kappa shape index (κ1) is 31.2. The third kappa shape index (κ3) is 24.2. The van der Waals surface area contributed by atoms with Gasteiger partial charge < -0.3 is 15.3 Å². The third-order valence-electron chi connectivity index (χ3n) is 3.22. The predicted molar refractivity (Wildman–Crippen MR) is 129 cm³/mol. The number of hydrogen-bond donors (Lipinski definition) is 0. The minimum Gasteiger partial charge on any atom is -0.462 e. The SMILES string of the molecule is CCCO[N-]OCCC.[CH2-]c1ccccc1.[CH2-]c1ccccc1.[CH2-]c1ccccc1.[Hf+4]. The Morgan fingerprint density at radius 2 is 0.806 bits per heavy atom. The van der Waals surface area contributed by atoms with Gasteiger partial charge >= 0.3 is 25.8 Å². The zero-order valence-electron chi connectivity index (χ0n) is 18.9. The number of rotatable bonds is 6. The molecule has 31 heavy (non-hydrogen) atoms. The minimum atomic E-state index is 0. The van der Waals surface area contributed by atoms with Gasteiger partial charge in [-0.2, -0.15) is 73.9 Å². The molecule has 4 heteroatoms. The van der Waals surface area contributed by atoms with E-state index in [-0.39, 0.29) is 25.8 Å². The average Bonchev–Trinajstić information content (AvgIpc) is 2.77. The molecule has 3 aromatic rings. The molecule has 0 aliphatic rings. The molecule has 0 bridgehead atoms. The van der Waals surface area contributed by atoms with Gasteiger partial charge in [-0.05, 0) is 12.8 Å². The van der Waals surface area contributed by atoms with E-state index in [9.17, 15) is 0 Å². The third-order valence-corrected chi connectivity index (χ3v) is 3.22. The van der Waals surface area contributed by atoms with Crippen molar-refractivity contribution in [1.82, 2.24) is 0 Å². The Hall–Kier alpha value is -1.98. The van der Waals surface area contributed by atoms with E-state index in [2.05, 4.69) is 36.1 Å². The van der Waals surface area contributed by atoms with Crippen LogP contribution in [0.4, 0.5) is 0 Å². The molecule has 3 nitrogen and oxygen atoms in total. The largest absolute Gasteiger partial charge is 4.00 e. The molecule has 0 saturated carbocycles. The van der Waals surface area contributed by atoms with Gasteiger partial charge in [-0.1, -0.05) is 32.0 Å². The Morgan fingerprint density at radius 3 is 0.968 bits per heavy atom. The van der Waals surface area contributed by atoms with Crippen LogP contribution in [0.25, 0.3) is 5.64 Å². The molecule has 164 valence electrons. The summed E-state index contributed by atoms with van der Waals surface area (Å²) in [5.74, 6) is 0. The van der Waals surface area contributed by atoms with E-state index in [0.29, 0.717) is 13.2 Å². The molecule has 0 N–H and O–H groups in total. The van der Waals surface area contributed by atoms with Crippen molar-refractivity contribution in [1.29, 1.82) is 0 Å². The van der Waals surface area contributed by atoms with Gasteiger partial charge in [0.2, 0.25) is 0 Å². The van der Waals surface area contributed by atoms with Crippen molar-refractivity contribution < 1.29 is 35.5 Å². The maximum atomic E-state index is 4.69. The molecule has 3 rings (SSSR count). The van der Waals surface area contributed by atoms with E-state index in [4.69, 9.17) is 0 Å². The number of hydrogen-bond acceptors (Lipinski definition) is 2. The molecule has 0 aliphatic heterocycles. The van der Waals surface area contributed by atoms with Gasteiger partial charge in [0.1, 0.15) is 0 Å². The zero-order valence-corrected chi connectivity index (χ0v) is 22.5. The summed E-state index contributed by atoms with van der Waals surface area (Å²) >= 11 is 0. The molecule has 0 atom stereocenters. The Bertz CT molecular complexity index is 599. The van der Waals surface area contributed by atoms with Crippen LogP contribution in [-0.2, 0) is 35.5 Å². The van der Waals surface area contributed by atoms with Crippen LogP contribution in [0.5, 0.6) is 0 Å². The molecule has 0 spiro atoms. The Labute approximate surface area is 208 Å². The molecule has 0 aromatic heterocycles. The fraction of sp³-hybridized carbons (Fsp3) is 0.222. The summed E-state index contributed by atoms with van der Waals surface area (Å²) in [6.07, 6.45) is 1.94. The van der Waals surface area contributed by atoms with Crippen LogP contribution in [-0.4, -0.2) is 13.2 Å². The number of benzene rings is 3. The Balaban J connectivity index is 0. The molecule has 0 unspecified atom stereocenters. The first-order valence-corrected chi connectivity index (χ1v) is 10.1. The Kier molecular flexibility index (Phi) is 24.5. The fourth-order valence-electron chi connectivity index (χ4n) is 1.73. The van der Waals surface area contributed by atoms with Gasteiger partial charge in [0.15, 0.2) is 0 Å². The molecular formula is C27H35HfNO2. The van der Waals surface area contributed by atoms with Crippen molar-refractivity contribution >= 4 is 0 Å². The van der Waals surface area contributed by atoms with E-state index < -0.39 is 0 Å². The summed E-state index contributed by atoms with van der Waals surface area (Å²) in [5, 5.41) is 0. The molecule has 0 radical (unpaired) electrons. The first-order valence-electron chi connectivity index (χ1n) is 10.1. The standard InChI is InChI=1S/3C7H7.C6H14NO2.Hf/c3*1-7-5-3-2-4-6-7;1-3-5-8-7-9-6-4-2;/h3*2-6H,1H2;3-6H2,1-2H3;/q4*-1;+4. The van der Waals surface area contributed by atoms with Crippen molar-refractivity contribution in [3.8, 4) is 0 Å². The summed E-state index contributed by atoms with van der Waals surface area (Å²) in [5.41, 5.74) is 6.57. The summed E-state index contributed by atoms with van der Waals surface area (Å²) < 4.78 is 0. The van der Waals surface area contributed by atoms with E-state index in [1.807, 2.05) is 105 Å². The van der Waals surface area contributed by atoms with Gasteiger partial charge in [0.25, 0.3) is 0 Å². The van der Waals surface area contributed by atoms with Gasteiger partial charge in [0, 0.05) is 13.2 Å². The van der Waals surface area contributed by atoms with Gasteiger partial charge in [0.05, 0.1) is 0 Å². The summed E-state index contributed by atoms with van der Waals surface area (Å²) in [7, 11) is 0. The molecule has 0 amide bonds. The van der Waals surface area contributed by atoms with Crippen LogP contribution in [0.3, 0.4) is 0 Å². The second kappa shape index (κ2) is 24.3. The average molecular weight is 584 g/mol. The quantitative estimate of drug-likeness (QED) is 0.129. The van der Waals surface area contributed by atoms with Crippen LogP contribution >= 0.6 is 0 Å². The van der Waals surface area contributed by atoms with E-state index in [1.54, 1.807) is 0 Å². The summed E-state index contributed by atoms with van der Waals surface area (Å²) in [4.78, 5) is 9.38. The van der Waals surface area contributed by atoms with Crippen LogP contribution in [0.1, 0.15) is 43.4 Å². The van der Waals surface area contributed by atoms with Crippen molar-refractivity contribution in [2.75, 3.05) is 13.2 Å². The van der Waals surface area contributed by atoms with Gasteiger partial charge in [-0.15, -0.1) is 36.4 Å². The molecule has 0 fully saturated rings. The first-order chi connectivity index (χ1) is 14.6. The van der Waals surface area contributed by atoms with Crippen LogP contribution in [0, 0.1) is 20.8 Å². The van der Waals surface area contributed by atoms with Crippen molar-refractivity contribution in [3.63, 3.8) is 0 Å². The fourth-order valence-corrected chi connectivity index (χ4v) is 1.73. The maximum absolute atomic E-state index is 4.69. The van der Waals surface area contributed by atoms with Gasteiger partial charge in [-0.25, -0.2) is 0 Å². The summed E-state index contributed by atoms with van der Waals surface area (Å²) in [6, 6.07) is 29.6. The van der Waals surface area contributed by atoms with Crippen LogP contribution < -0.4 is 0 Å². The molecule has 0 saturated heterocycles. The minimum absolute atomic E-state index is 0. The zero-order chi connectivity index (χ0) is 22.3. The number of nitrogens with zero attached hydrogens (tertiary/aromatic N) is 1. The second-order valence-electron chi connectivity index (χ2n) is 6.20. The summed E-state index contributed by atoms with van der Waals surface area (Å²) in [6.45, 7) is 16.5. The smallest absolute Gasteiger partial charge is 0.462 e. The monoisotopic (exact) mass is 585 g/mol. The van der Waals surface area contributed by atoms with Crippen molar-refractivity contribution in [2.24, 2.45) is 0 Å². The van der Waals surface area contributed by atoms with E-state index in [1.165, 1.54) is 0 Å². The second-order valence-corrected chi connectivity index (χ2v) is 6.20. The maximum Gasteiger partial charge on any atom is 4.00 e. The van der Waals surface area contributed by atoms with Crippen LogP contribution in [0.2, 0.25) is 0 Å². The predicted octanol–water partition coefficient (Wildman–Crippen LogP) is 7.65. The normalized spacial score (nSPS) is 8.71. The Morgan fingerprint density at radius 1 is 0.548 bits per heavy atom. The molecule has 0 heterocycles.